The Morgan fingerprint density at radius 3 is 2.67 bits per heavy atom. The van der Waals surface area contributed by atoms with Gasteiger partial charge in [-0.1, -0.05) is 28.1 Å². The first-order valence-electron chi connectivity index (χ1n) is 4.81. The van der Waals surface area contributed by atoms with Gasteiger partial charge >= 0.3 is 5.97 Å². The van der Waals surface area contributed by atoms with Crippen LogP contribution in [0.15, 0.2) is 28.7 Å². The number of carbonyl (C=O) groups is 1. The van der Waals surface area contributed by atoms with Crippen molar-refractivity contribution in [3.05, 3.63) is 34.3 Å². The van der Waals surface area contributed by atoms with Gasteiger partial charge in [0.25, 0.3) is 0 Å². The number of nitrogens with two attached hydrogens (primary N) is 1. The molecule has 1 atom stereocenters. The zero-order valence-electron chi connectivity index (χ0n) is 8.11. The van der Waals surface area contributed by atoms with Crippen LogP contribution in [0.25, 0.3) is 0 Å². The molecular formula is C11H12BrNO2. The lowest BCUT2D eigenvalue weighted by molar-refractivity contribution is -0.139. The van der Waals surface area contributed by atoms with E-state index in [0.717, 1.165) is 22.9 Å². The van der Waals surface area contributed by atoms with Crippen LogP contribution >= 0.6 is 15.9 Å². The van der Waals surface area contributed by atoms with Crippen molar-refractivity contribution >= 4 is 21.9 Å². The zero-order valence-corrected chi connectivity index (χ0v) is 9.70. The van der Waals surface area contributed by atoms with Gasteiger partial charge in [-0.2, -0.15) is 0 Å². The largest absolute Gasteiger partial charge is 0.480 e. The van der Waals surface area contributed by atoms with E-state index in [2.05, 4.69) is 15.9 Å². The third kappa shape index (κ3) is 1.79. The van der Waals surface area contributed by atoms with Crippen molar-refractivity contribution in [2.45, 2.75) is 24.3 Å². The molecule has 0 bridgehead atoms. The van der Waals surface area contributed by atoms with Crippen LogP contribution in [0.4, 0.5) is 0 Å². The minimum atomic E-state index is -0.924. The minimum Gasteiger partial charge on any atom is -0.480 e. The van der Waals surface area contributed by atoms with Gasteiger partial charge in [0.2, 0.25) is 0 Å². The normalized spacial score (nSPS) is 19.6. The number of rotatable bonds is 3. The average molecular weight is 270 g/mol. The fourth-order valence-electron chi connectivity index (χ4n) is 1.95. The van der Waals surface area contributed by atoms with Gasteiger partial charge in [0.15, 0.2) is 0 Å². The van der Waals surface area contributed by atoms with Crippen LogP contribution in [0.1, 0.15) is 18.4 Å². The molecular weight excluding hydrogens is 258 g/mol. The quantitative estimate of drug-likeness (QED) is 0.881. The van der Waals surface area contributed by atoms with Crippen molar-refractivity contribution in [1.29, 1.82) is 0 Å². The maximum atomic E-state index is 10.9. The molecule has 0 saturated heterocycles. The number of carboxylic acid groups (broad SMARTS) is 1. The van der Waals surface area contributed by atoms with Crippen LogP contribution in [-0.2, 0) is 10.2 Å². The Morgan fingerprint density at radius 2 is 2.20 bits per heavy atom. The van der Waals surface area contributed by atoms with Crippen molar-refractivity contribution in [2.75, 3.05) is 0 Å². The van der Waals surface area contributed by atoms with Gasteiger partial charge in [-0.15, -0.1) is 0 Å². The maximum Gasteiger partial charge on any atom is 0.321 e. The van der Waals surface area contributed by atoms with Crippen LogP contribution in [0, 0.1) is 0 Å². The molecule has 0 spiro atoms. The molecule has 80 valence electrons. The number of hydrogen-bond acceptors (Lipinski definition) is 2. The summed E-state index contributed by atoms with van der Waals surface area (Å²) in [4.78, 5) is 10.9. The second-order valence-corrected chi connectivity index (χ2v) is 4.90. The van der Waals surface area contributed by atoms with Crippen molar-refractivity contribution in [2.24, 2.45) is 5.73 Å². The van der Waals surface area contributed by atoms with Crippen molar-refractivity contribution in [3.8, 4) is 0 Å². The first kappa shape index (κ1) is 10.6. The fraction of sp³-hybridized carbons (Fsp3) is 0.364. The molecule has 1 saturated carbocycles. The lowest BCUT2D eigenvalue weighted by Crippen LogP contribution is -2.41. The molecule has 1 unspecified atom stereocenters. The summed E-state index contributed by atoms with van der Waals surface area (Å²) < 4.78 is 0.962. The molecule has 0 heterocycles. The first-order chi connectivity index (χ1) is 7.06. The Kier molecular flexibility index (Phi) is 2.56. The molecule has 1 aliphatic rings. The Balaban J connectivity index is 2.34. The van der Waals surface area contributed by atoms with Crippen LogP contribution in [0.5, 0.6) is 0 Å². The molecule has 1 aromatic rings. The van der Waals surface area contributed by atoms with Crippen LogP contribution < -0.4 is 5.73 Å². The molecule has 15 heavy (non-hydrogen) atoms. The summed E-state index contributed by atoms with van der Waals surface area (Å²) in [7, 11) is 0. The standard InChI is InChI=1S/C11H12BrNO2/c12-8-3-1-2-7(6-8)11(4-5-11)9(13)10(14)15/h1-3,6,9H,4-5,13H2,(H,14,15). The van der Waals surface area contributed by atoms with Crippen LogP contribution in [0.2, 0.25) is 0 Å². The summed E-state index contributed by atoms with van der Waals surface area (Å²) in [5, 5.41) is 8.95. The fourth-order valence-corrected chi connectivity index (χ4v) is 2.35. The summed E-state index contributed by atoms with van der Waals surface area (Å²) in [6.45, 7) is 0. The van der Waals surface area contributed by atoms with Gasteiger partial charge in [-0.25, -0.2) is 0 Å². The molecule has 2 rings (SSSR count). The van der Waals surface area contributed by atoms with Gasteiger partial charge in [-0.3, -0.25) is 4.79 Å². The molecule has 1 fully saturated rings. The van der Waals surface area contributed by atoms with E-state index in [1.165, 1.54) is 0 Å². The SMILES string of the molecule is NC(C(=O)O)C1(c2cccc(Br)c2)CC1. The predicted octanol–water partition coefficient (Wildman–Crippen LogP) is 1.89. The first-order valence-corrected chi connectivity index (χ1v) is 5.60. The molecule has 0 aliphatic heterocycles. The summed E-state index contributed by atoms with van der Waals surface area (Å²) in [6, 6.07) is 6.93. The highest BCUT2D eigenvalue weighted by Gasteiger charge is 2.52. The monoisotopic (exact) mass is 269 g/mol. The van der Waals surface area contributed by atoms with E-state index in [0.29, 0.717) is 0 Å². The molecule has 4 heteroatoms. The Labute approximate surface area is 96.4 Å². The summed E-state index contributed by atoms with van der Waals surface area (Å²) in [5.74, 6) is -0.924. The Bertz CT molecular complexity index is 401. The Hall–Kier alpha value is -0.870. The summed E-state index contributed by atoms with van der Waals surface area (Å²) >= 11 is 3.38. The van der Waals surface area contributed by atoms with E-state index >= 15 is 0 Å². The highest BCUT2D eigenvalue weighted by Crippen LogP contribution is 2.50. The van der Waals surface area contributed by atoms with E-state index in [1.54, 1.807) is 0 Å². The van der Waals surface area contributed by atoms with Gasteiger partial charge in [-0.05, 0) is 30.5 Å². The van der Waals surface area contributed by atoms with E-state index in [-0.39, 0.29) is 5.41 Å². The zero-order chi connectivity index (χ0) is 11.1. The highest BCUT2D eigenvalue weighted by atomic mass is 79.9. The molecule has 3 nitrogen and oxygen atoms in total. The molecule has 0 radical (unpaired) electrons. The average Bonchev–Trinajstić information content (AvgIpc) is 2.97. The van der Waals surface area contributed by atoms with E-state index in [9.17, 15) is 4.79 Å². The van der Waals surface area contributed by atoms with Crippen molar-refractivity contribution < 1.29 is 9.90 Å². The second-order valence-electron chi connectivity index (χ2n) is 3.98. The molecule has 1 aromatic carbocycles. The van der Waals surface area contributed by atoms with Crippen molar-refractivity contribution in [3.63, 3.8) is 0 Å². The molecule has 3 N–H and O–H groups in total. The number of benzene rings is 1. The molecule has 0 aromatic heterocycles. The van der Waals surface area contributed by atoms with Crippen LogP contribution in [-0.4, -0.2) is 17.1 Å². The number of aliphatic carboxylic acids is 1. The van der Waals surface area contributed by atoms with Crippen molar-refractivity contribution in [1.82, 2.24) is 0 Å². The van der Waals surface area contributed by atoms with E-state index in [4.69, 9.17) is 10.8 Å². The Morgan fingerprint density at radius 1 is 1.53 bits per heavy atom. The van der Waals surface area contributed by atoms with Crippen LogP contribution in [0.3, 0.4) is 0 Å². The summed E-state index contributed by atoms with van der Waals surface area (Å²) in [5.41, 5.74) is 6.41. The van der Waals surface area contributed by atoms with E-state index in [1.807, 2.05) is 24.3 Å². The maximum absolute atomic E-state index is 10.9. The predicted molar refractivity (Wildman–Crippen MR) is 60.7 cm³/mol. The van der Waals surface area contributed by atoms with Gasteiger partial charge < -0.3 is 10.8 Å². The third-order valence-corrected chi connectivity index (χ3v) is 3.54. The van der Waals surface area contributed by atoms with Gasteiger partial charge in [0.05, 0.1) is 0 Å². The minimum absolute atomic E-state index is 0.338. The lowest BCUT2D eigenvalue weighted by Gasteiger charge is -2.20. The topological polar surface area (TPSA) is 63.3 Å². The van der Waals surface area contributed by atoms with Gasteiger partial charge in [0, 0.05) is 9.89 Å². The third-order valence-electron chi connectivity index (χ3n) is 3.05. The smallest absolute Gasteiger partial charge is 0.321 e. The second kappa shape index (κ2) is 3.61. The summed E-state index contributed by atoms with van der Waals surface area (Å²) in [6.07, 6.45) is 1.72. The lowest BCUT2D eigenvalue weighted by atomic mass is 9.88. The molecule has 1 aliphatic carbocycles. The van der Waals surface area contributed by atoms with Gasteiger partial charge in [0.1, 0.15) is 6.04 Å². The van der Waals surface area contributed by atoms with E-state index < -0.39 is 12.0 Å². The number of hydrogen-bond donors (Lipinski definition) is 2. The number of halogens is 1. The number of carboxylic acids is 1. The molecule has 0 amide bonds. The highest BCUT2D eigenvalue weighted by molar-refractivity contribution is 9.10.